The van der Waals surface area contributed by atoms with Gasteiger partial charge in [-0.15, -0.1) is 11.3 Å². The minimum Gasteiger partial charge on any atom is -0.503 e. The van der Waals surface area contributed by atoms with Gasteiger partial charge in [-0.1, -0.05) is 19.1 Å². The van der Waals surface area contributed by atoms with Gasteiger partial charge >= 0.3 is 0 Å². The third-order valence-electron chi connectivity index (χ3n) is 3.82. The maximum atomic E-state index is 11.0. The summed E-state index contributed by atoms with van der Waals surface area (Å²) in [6.07, 6.45) is 6.26. The van der Waals surface area contributed by atoms with Crippen molar-refractivity contribution in [3.05, 3.63) is 47.1 Å². The molecular formula is C20H21N3O3S. The summed E-state index contributed by atoms with van der Waals surface area (Å²) in [7, 11) is 0. The lowest BCUT2D eigenvalue weighted by atomic mass is 10.2. The van der Waals surface area contributed by atoms with E-state index in [2.05, 4.69) is 15.3 Å². The molecule has 0 aliphatic heterocycles. The standard InChI is InChI=1S/C20H21N3O3S/c1-4-18-23-15-8-9-16(19(25)20(15)27-18)26-17-10-7-14(11-21-17)6-5-12(2)22-13(3)24/h5-12,25H,4H2,1-3H3,(H,22,24)/b6-5+/t12-/m0/s1. The number of phenolic OH excluding ortho intramolecular Hbond substituents is 1. The molecule has 1 aromatic carbocycles. The number of rotatable bonds is 6. The number of carbonyl (C=O) groups is 1. The normalized spacial score (nSPS) is 12.4. The maximum Gasteiger partial charge on any atom is 0.219 e. The minimum atomic E-state index is -0.0715. The lowest BCUT2D eigenvalue weighted by Gasteiger charge is -2.08. The van der Waals surface area contributed by atoms with Crippen LogP contribution in [0.1, 0.15) is 31.3 Å². The summed E-state index contributed by atoms with van der Waals surface area (Å²) in [5, 5.41) is 14.2. The lowest BCUT2D eigenvalue weighted by Crippen LogP contribution is -2.28. The second-order valence-electron chi connectivity index (χ2n) is 6.10. The topological polar surface area (TPSA) is 84.3 Å². The Labute approximate surface area is 161 Å². The Morgan fingerprint density at radius 1 is 1.37 bits per heavy atom. The molecule has 0 saturated carbocycles. The molecule has 0 unspecified atom stereocenters. The van der Waals surface area contributed by atoms with E-state index in [0.29, 0.717) is 11.6 Å². The van der Waals surface area contributed by atoms with Crippen molar-refractivity contribution in [2.75, 3.05) is 0 Å². The summed E-state index contributed by atoms with van der Waals surface area (Å²) in [5.74, 6) is 0.748. The number of aromatic nitrogens is 2. The number of benzene rings is 1. The smallest absolute Gasteiger partial charge is 0.219 e. The first-order valence-electron chi connectivity index (χ1n) is 8.67. The van der Waals surface area contributed by atoms with Gasteiger partial charge in [-0.2, -0.15) is 0 Å². The van der Waals surface area contributed by atoms with Crippen LogP contribution in [0.5, 0.6) is 17.4 Å². The molecule has 140 valence electrons. The molecule has 2 heterocycles. The van der Waals surface area contributed by atoms with Crippen molar-refractivity contribution in [2.45, 2.75) is 33.2 Å². The number of pyridine rings is 1. The van der Waals surface area contributed by atoms with Gasteiger partial charge in [0.2, 0.25) is 11.8 Å². The van der Waals surface area contributed by atoms with E-state index in [1.807, 2.05) is 38.1 Å². The molecule has 0 bridgehead atoms. The van der Waals surface area contributed by atoms with Crippen LogP contribution >= 0.6 is 11.3 Å². The van der Waals surface area contributed by atoms with Gasteiger partial charge in [0.1, 0.15) is 4.70 Å². The SMILES string of the molecule is CCc1nc2ccc(Oc3ccc(/C=C/[C@H](C)NC(C)=O)cn3)c(O)c2s1. The Morgan fingerprint density at radius 2 is 2.19 bits per heavy atom. The third-order valence-corrected chi connectivity index (χ3v) is 5.05. The van der Waals surface area contributed by atoms with Crippen molar-refractivity contribution >= 4 is 33.5 Å². The average molecular weight is 383 g/mol. The van der Waals surface area contributed by atoms with Gasteiger partial charge in [0.25, 0.3) is 0 Å². The van der Waals surface area contributed by atoms with E-state index in [9.17, 15) is 9.90 Å². The molecule has 0 spiro atoms. The Balaban J connectivity index is 1.73. The number of fused-ring (bicyclic) bond motifs is 1. The number of nitrogens with one attached hydrogen (secondary N) is 1. The van der Waals surface area contributed by atoms with Crippen LogP contribution in [0.15, 0.2) is 36.5 Å². The summed E-state index contributed by atoms with van der Waals surface area (Å²) in [4.78, 5) is 19.7. The number of nitrogens with zero attached hydrogens (tertiary/aromatic N) is 2. The molecule has 7 heteroatoms. The zero-order valence-electron chi connectivity index (χ0n) is 15.4. The molecule has 27 heavy (non-hydrogen) atoms. The number of ether oxygens (including phenoxy) is 1. The highest BCUT2D eigenvalue weighted by Crippen LogP contribution is 2.39. The quantitative estimate of drug-likeness (QED) is 0.663. The molecule has 0 radical (unpaired) electrons. The van der Waals surface area contributed by atoms with E-state index in [-0.39, 0.29) is 17.7 Å². The molecular weight excluding hydrogens is 362 g/mol. The molecule has 6 nitrogen and oxygen atoms in total. The fourth-order valence-corrected chi connectivity index (χ4v) is 3.47. The number of phenols is 1. The van der Waals surface area contributed by atoms with Gasteiger partial charge in [-0.25, -0.2) is 9.97 Å². The van der Waals surface area contributed by atoms with Crippen molar-refractivity contribution in [2.24, 2.45) is 0 Å². The summed E-state index contributed by atoms with van der Waals surface area (Å²) in [5.41, 5.74) is 1.65. The average Bonchev–Trinajstić information content (AvgIpc) is 3.07. The van der Waals surface area contributed by atoms with Crippen molar-refractivity contribution in [3.8, 4) is 17.4 Å². The lowest BCUT2D eigenvalue weighted by molar-refractivity contribution is -0.119. The van der Waals surface area contributed by atoms with E-state index >= 15 is 0 Å². The van der Waals surface area contributed by atoms with Gasteiger partial charge in [0.15, 0.2) is 11.5 Å². The number of amides is 1. The first-order chi connectivity index (χ1) is 13.0. The molecule has 0 aliphatic carbocycles. The number of aromatic hydroxyl groups is 1. The molecule has 1 amide bonds. The number of carbonyl (C=O) groups excluding carboxylic acids is 1. The highest BCUT2D eigenvalue weighted by Gasteiger charge is 2.13. The van der Waals surface area contributed by atoms with Gasteiger partial charge in [0.05, 0.1) is 10.5 Å². The summed E-state index contributed by atoms with van der Waals surface area (Å²) >= 11 is 1.46. The second kappa shape index (κ2) is 8.18. The Bertz CT molecular complexity index is 980. The van der Waals surface area contributed by atoms with Crippen LogP contribution in [0.4, 0.5) is 0 Å². The highest BCUT2D eigenvalue weighted by atomic mass is 32.1. The first kappa shape index (κ1) is 18.8. The molecule has 1 atom stereocenters. The summed E-state index contributed by atoms with van der Waals surface area (Å²) < 4.78 is 6.45. The van der Waals surface area contributed by atoms with Crippen molar-refractivity contribution < 1.29 is 14.6 Å². The van der Waals surface area contributed by atoms with E-state index < -0.39 is 0 Å². The molecule has 3 rings (SSSR count). The van der Waals surface area contributed by atoms with Gasteiger partial charge in [-0.3, -0.25) is 4.79 Å². The first-order valence-corrected chi connectivity index (χ1v) is 9.48. The number of hydrogen-bond donors (Lipinski definition) is 2. The fourth-order valence-electron chi connectivity index (χ4n) is 2.53. The van der Waals surface area contributed by atoms with Crippen LogP contribution in [0, 0.1) is 0 Å². The largest absolute Gasteiger partial charge is 0.503 e. The molecule has 2 N–H and O–H groups in total. The summed E-state index contributed by atoms with van der Waals surface area (Å²) in [6.45, 7) is 5.41. The van der Waals surface area contributed by atoms with E-state index in [1.165, 1.54) is 18.3 Å². The summed E-state index contributed by atoms with van der Waals surface area (Å²) in [6, 6.07) is 7.06. The number of aryl methyl sites for hydroxylation is 1. The van der Waals surface area contributed by atoms with E-state index in [4.69, 9.17) is 4.74 Å². The molecule has 0 saturated heterocycles. The maximum absolute atomic E-state index is 11.0. The van der Waals surface area contributed by atoms with Crippen molar-refractivity contribution in [1.29, 1.82) is 0 Å². The zero-order valence-corrected chi connectivity index (χ0v) is 16.2. The fraction of sp³-hybridized carbons (Fsp3) is 0.250. The molecule has 2 aromatic heterocycles. The Morgan fingerprint density at radius 3 is 2.85 bits per heavy atom. The van der Waals surface area contributed by atoms with E-state index in [1.54, 1.807) is 18.3 Å². The zero-order chi connectivity index (χ0) is 19.4. The minimum absolute atomic E-state index is 0.0606. The van der Waals surface area contributed by atoms with Crippen LogP contribution in [0.3, 0.4) is 0 Å². The predicted octanol–water partition coefficient (Wildman–Crippen LogP) is 4.29. The van der Waals surface area contributed by atoms with Gasteiger partial charge in [0, 0.05) is 25.2 Å². The van der Waals surface area contributed by atoms with Crippen LogP contribution in [0.25, 0.3) is 16.3 Å². The highest BCUT2D eigenvalue weighted by molar-refractivity contribution is 7.19. The van der Waals surface area contributed by atoms with Gasteiger partial charge < -0.3 is 15.2 Å². The van der Waals surface area contributed by atoms with Crippen LogP contribution in [-0.2, 0) is 11.2 Å². The van der Waals surface area contributed by atoms with E-state index in [0.717, 1.165) is 27.2 Å². The number of thiazole rings is 1. The molecule has 0 aliphatic rings. The molecule has 0 fully saturated rings. The van der Waals surface area contributed by atoms with Crippen molar-refractivity contribution in [1.82, 2.24) is 15.3 Å². The number of hydrogen-bond acceptors (Lipinski definition) is 6. The second-order valence-corrected chi connectivity index (χ2v) is 7.19. The van der Waals surface area contributed by atoms with Crippen LogP contribution < -0.4 is 10.1 Å². The Hall–Kier alpha value is -2.93. The monoisotopic (exact) mass is 383 g/mol. The predicted molar refractivity (Wildman–Crippen MR) is 107 cm³/mol. The Kier molecular flexibility index (Phi) is 5.71. The van der Waals surface area contributed by atoms with Crippen LogP contribution in [-0.4, -0.2) is 27.0 Å². The molecule has 3 aromatic rings. The van der Waals surface area contributed by atoms with Crippen LogP contribution in [0.2, 0.25) is 0 Å². The van der Waals surface area contributed by atoms with Crippen molar-refractivity contribution in [3.63, 3.8) is 0 Å². The third kappa shape index (κ3) is 4.62. The van der Waals surface area contributed by atoms with Gasteiger partial charge in [-0.05, 0) is 37.1 Å².